The summed E-state index contributed by atoms with van der Waals surface area (Å²) < 4.78 is 0. The van der Waals surface area contributed by atoms with Gasteiger partial charge in [0.25, 0.3) is 0 Å². The molecule has 4 aliphatic carbocycles. The van der Waals surface area contributed by atoms with E-state index < -0.39 is 0 Å². The molecule has 0 amide bonds. The van der Waals surface area contributed by atoms with Gasteiger partial charge in [-0.1, -0.05) is 158 Å². The van der Waals surface area contributed by atoms with E-state index >= 15 is 0 Å². The first-order valence-corrected chi connectivity index (χ1v) is 17.1. The van der Waals surface area contributed by atoms with Crippen molar-refractivity contribution >= 4 is 65.4 Å². The predicted molar refractivity (Wildman–Crippen MR) is 204 cm³/mol. The van der Waals surface area contributed by atoms with Crippen molar-refractivity contribution in [1.29, 1.82) is 0 Å². The minimum Gasteiger partial charge on any atom is -0.0760 e. The van der Waals surface area contributed by atoms with Gasteiger partial charge in [-0.2, -0.15) is 0 Å². The molecule has 0 fully saturated rings. The van der Waals surface area contributed by atoms with Crippen molar-refractivity contribution in [3.63, 3.8) is 0 Å². The molecule has 0 heteroatoms. The second kappa shape index (κ2) is 8.88. The topological polar surface area (TPSA) is 0 Å². The lowest BCUT2D eigenvalue weighted by atomic mass is 9.66. The number of hydrogen-bond donors (Lipinski definition) is 0. The van der Waals surface area contributed by atoms with E-state index in [1.165, 1.54) is 110 Å². The lowest BCUT2D eigenvalue weighted by Crippen LogP contribution is -2.22. The van der Waals surface area contributed by atoms with Crippen LogP contribution in [0.3, 0.4) is 0 Å². The summed E-state index contributed by atoms with van der Waals surface area (Å²) in [7, 11) is 0. The van der Waals surface area contributed by atoms with Crippen LogP contribution in [-0.4, -0.2) is 0 Å². The molecular weight excluding hydrogens is 577 g/mol. The van der Waals surface area contributed by atoms with Gasteiger partial charge in [0, 0.05) is 11.8 Å². The molecule has 0 saturated carbocycles. The lowest BCUT2D eigenvalue weighted by Gasteiger charge is -2.37. The molecule has 8 aromatic carbocycles. The molecule has 220 valence electrons. The summed E-state index contributed by atoms with van der Waals surface area (Å²) in [5.74, 6) is 0.523. The van der Waals surface area contributed by atoms with Gasteiger partial charge in [0.15, 0.2) is 0 Å². The molecule has 2 unspecified atom stereocenters. The van der Waals surface area contributed by atoms with Crippen LogP contribution in [0.5, 0.6) is 0 Å². The monoisotopic (exact) mass is 604 g/mol. The summed E-state index contributed by atoms with van der Waals surface area (Å²) in [6.45, 7) is 0. The number of benzene rings is 8. The first-order valence-electron chi connectivity index (χ1n) is 17.1. The fourth-order valence-corrected chi connectivity index (χ4v) is 9.94. The van der Waals surface area contributed by atoms with E-state index in [1.54, 1.807) is 0 Å². The van der Waals surface area contributed by atoms with Crippen LogP contribution in [0.1, 0.15) is 22.3 Å². The van der Waals surface area contributed by atoms with Crippen molar-refractivity contribution in [2.45, 2.75) is 0 Å². The Morgan fingerprint density at radius 1 is 0.292 bits per heavy atom. The first kappa shape index (κ1) is 25.2. The lowest BCUT2D eigenvalue weighted by molar-refractivity contribution is 0.699. The van der Waals surface area contributed by atoms with Crippen LogP contribution in [0.4, 0.5) is 0 Å². The summed E-state index contributed by atoms with van der Waals surface area (Å²) in [4.78, 5) is 0. The van der Waals surface area contributed by atoms with Crippen molar-refractivity contribution in [3.8, 4) is 22.3 Å². The number of fused-ring (bicyclic) bond motifs is 9. The third kappa shape index (κ3) is 2.94. The summed E-state index contributed by atoms with van der Waals surface area (Å²) in [6.07, 6.45) is 9.38. The molecule has 0 nitrogen and oxygen atoms in total. The molecule has 4 aliphatic rings. The highest BCUT2D eigenvalue weighted by atomic mass is 14.4. The Bertz CT molecular complexity index is 2670. The SMILES string of the molecule is C1=CC2C(c3ccccc3)=C3C(=C(c4ccccc4)C2C=C1)c1ccc2c4ccc5c6c(ccc(c7ccc3c1c72)c64)-c1ccccc1-5. The zero-order valence-electron chi connectivity index (χ0n) is 26.2. The fourth-order valence-electron chi connectivity index (χ4n) is 9.94. The third-order valence-electron chi connectivity index (χ3n) is 11.7. The van der Waals surface area contributed by atoms with Gasteiger partial charge in [0.1, 0.15) is 0 Å². The maximum absolute atomic E-state index is 2.45. The largest absolute Gasteiger partial charge is 0.0760 e. The molecule has 0 aromatic heterocycles. The smallest absolute Gasteiger partial charge is 0.0137 e. The molecule has 0 N–H and O–H groups in total. The van der Waals surface area contributed by atoms with E-state index in [-0.39, 0.29) is 11.8 Å². The van der Waals surface area contributed by atoms with E-state index in [2.05, 4.69) is 158 Å². The van der Waals surface area contributed by atoms with Gasteiger partial charge in [-0.15, -0.1) is 0 Å². The van der Waals surface area contributed by atoms with Gasteiger partial charge in [-0.25, -0.2) is 0 Å². The van der Waals surface area contributed by atoms with Crippen LogP contribution in [0, 0.1) is 11.8 Å². The molecule has 0 spiro atoms. The Morgan fingerprint density at radius 3 is 1.10 bits per heavy atom. The van der Waals surface area contributed by atoms with Crippen LogP contribution >= 0.6 is 0 Å². The molecule has 12 rings (SSSR count). The Kier molecular flexibility index (Phi) is 4.65. The van der Waals surface area contributed by atoms with Gasteiger partial charge >= 0.3 is 0 Å². The van der Waals surface area contributed by atoms with Crippen LogP contribution in [0.15, 0.2) is 158 Å². The van der Waals surface area contributed by atoms with Crippen LogP contribution in [-0.2, 0) is 0 Å². The van der Waals surface area contributed by atoms with Gasteiger partial charge in [0.2, 0.25) is 0 Å². The molecule has 0 radical (unpaired) electrons. The minimum atomic E-state index is 0.261. The molecule has 0 bridgehead atoms. The maximum Gasteiger partial charge on any atom is 0.0137 e. The first-order chi connectivity index (χ1) is 23.9. The van der Waals surface area contributed by atoms with Gasteiger partial charge in [0.05, 0.1) is 0 Å². The van der Waals surface area contributed by atoms with Crippen molar-refractivity contribution in [3.05, 3.63) is 180 Å². The van der Waals surface area contributed by atoms with Gasteiger partial charge in [-0.3, -0.25) is 0 Å². The van der Waals surface area contributed by atoms with Crippen molar-refractivity contribution in [2.75, 3.05) is 0 Å². The quantitative estimate of drug-likeness (QED) is 0.136. The van der Waals surface area contributed by atoms with Crippen molar-refractivity contribution < 1.29 is 0 Å². The zero-order valence-corrected chi connectivity index (χ0v) is 26.2. The fraction of sp³-hybridized carbons (Fsp3) is 0.0417. The summed E-state index contributed by atoms with van der Waals surface area (Å²) in [5, 5.41) is 11.1. The van der Waals surface area contributed by atoms with E-state index in [0.29, 0.717) is 0 Å². The standard InChI is InChI=1S/C48H28/c1-3-11-27(12-4-1)41-31-17-9-10-18-32(31)42(28-13-5-2-6-14-28)48-40-26-24-38-36-22-20-34-30-16-8-7-15-29(30)33-19-21-35(44(36)43(33)34)37-23-25-39(47(41)48)46(40)45(37)38/h1-26,31-32H. The van der Waals surface area contributed by atoms with E-state index in [1.807, 2.05) is 0 Å². The van der Waals surface area contributed by atoms with Gasteiger partial charge < -0.3 is 0 Å². The van der Waals surface area contributed by atoms with Crippen molar-refractivity contribution in [2.24, 2.45) is 11.8 Å². The van der Waals surface area contributed by atoms with Gasteiger partial charge in [-0.05, 0) is 110 Å². The average molecular weight is 605 g/mol. The highest BCUT2D eigenvalue weighted by molar-refractivity contribution is 6.42. The average Bonchev–Trinajstić information content (AvgIpc) is 3.67. The van der Waals surface area contributed by atoms with Crippen LogP contribution < -0.4 is 0 Å². The Labute approximate surface area is 278 Å². The minimum absolute atomic E-state index is 0.261. The maximum atomic E-state index is 2.45. The molecule has 2 atom stereocenters. The third-order valence-corrected chi connectivity index (χ3v) is 11.7. The number of allylic oxidation sites excluding steroid dienone is 8. The van der Waals surface area contributed by atoms with E-state index in [9.17, 15) is 0 Å². The Morgan fingerprint density at radius 2 is 0.667 bits per heavy atom. The van der Waals surface area contributed by atoms with E-state index in [0.717, 1.165) is 0 Å². The Hall–Kier alpha value is -5.98. The van der Waals surface area contributed by atoms with Crippen molar-refractivity contribution in [1.82, 2.24) is 0 Å². The molecule has 48 heavy (non-hydrogen) atoms. The second-order valence-corrected chi connectivity index (χ2v) is 13.8. The molecule has 0 saturated heterocycles. The highest BCUT2D eigenvalue weighted by Crippen LogP contribution is 2.62. The molecule has 0 aliphatic heterocycles. The second-order valence-electron chi connectivity index (χ2n) is 13.8. The van der Waals surface area contributed by atoms with Crippen LogP contribution in [0.2, 0.25) is 0 Å². The predicted octanol–water partition coefficient (Wildman–Crippen LogP) is 12.6. The van der Waals surface area contributed by atoms with Crippen LogP contribution in [0.25, 0.3) is 87.6 Å². The number of hydrogen-bond acceptors (Lipinski definition) is 0. The summed E-state index contributed by atoms with van der Waals surface area (Å²) in [5.41, 5.74) is 16.5. The zero-order chi connectivity index (χ0) is 31.1. The molecule has 8 aromatic rings. The molecular formula is C48H28. The summed E-state index contributed by atoms with van der Waals surface area (Å²) >= 11 is 0. The number of rotatable bonds is 2. The molecule has 0 heterocycles. The Balaban J connectivity index is 1.27. The normalized spacial score (nSPS) is 18.5. The van der Waals surface area contributed by atoms with E-state index in [4.69, 9.17) is 0 Å². The highest BCUT2D eigenvalue weighted by Gasteiger charge is 2.41. The summed E-state index contributed by atoms with van der Waals surface area (Å²) in [6, 6.07) is 50.5.